The van der Waals surface area contributed by atoms with Gasteiger partial charge < -0.3 is 10.7 Å². The first-order chi connectivity index (χ1) is 9.17. The second-order valence-corrected chi connectivity index (χ2v) is 4.90. The number of amidine groups is 1. The SMILES string of the molecule is CCc1nnc(Sc2ncc[nH]2)c(C(=N)N)c1CC. The van der Waals surface area contributed by atoms with E-state index >= 15 is 0 Å². The van der Waals surface area contributed by atoms with Crippen LogP contribution in [-0.4, -0.2) is 26.0 Å². The molecule has 0 saturated heterocycles. The lowest BCUT2D eigenvalue weighted by atomic mass is 10.0. The molecule has 2 heterocycles. The Balaban J connectivity index is 2.51. The molecule has 0 aliphatic rings. The average molecular weight is 276 g/mol. The number of imidazole rings is 1. The van der Waals surface area contributed by atoms with E-state index in [1.165, 1.54) is 11.8 Å². The highest BCUT2D eigenvalue weighted by Crippen LogP contribution is 2.28. The Labute approximate surface area is 115 Å². The van der Waals surface area contributed by atoms with Crippen LogP contribution in [0.1, 0.15) is 30.7 Å². The number of aromatic nitrogens is 4. The molecule has 0 atom stereocenters. The van der Waals surface area contributed by atoms with E-state index in [4.69, 9.17) is 11.1 Å². The van der Waals surface area contributed by atoms with Crippen molar-refractivity contribution >= 4 is 17.6 Å². The Morgan fingerprint density at radius 2 is 2.16 bits per heavy atom. The number of aryl methyl sites for hydroxylation is 1. The van der Waals surface area contributed by atoms with Crippen LogP contribution in [0.15, 0.2) is 22.6 Å². The van der Waals surface area contributed by atoms with E-state index in [0.29, 0.717) is 15.7 Å². The van der Waals surface area contributed by atoms with E-state index in [1.807, 2.05) is 13.8 Å². The van der Waals surface area contributed by atoms with Crippen LogP contribution in [0.3, 0.4) is 0 Å². The van der Waals surface area contributed by atoms with Gasteiger partial charge in [0.25, 0.3) is 0 Å². The van der Waals surface area contributed by atoms with Gasteiger partial charge in [-0.3, -0.25) is 5.41 Å². The van der Waals surface area contributed by atoms with Gasteiger partial charge in [0.1, 0.15) is 10.9 Å². The van der Waals surface area contributed by atoms with Crippen molar-refractivity contribution in [1.29, 1.82) is 5.41 Å². The first kappa shape index (κ1) is 13.5. The molecular formula is C12H16N6S. The van der Waals surface area contributed by atoms with Crippen molar-refractivity contribution in [1.82, 2.24) is 20.2 Å². The lowest BCUT2D eigenvalue weighted by Gasteiger charge is -2.13. The quantitative estimate of drug-likeness (QED) is 0.570. The summed E-state index contributed by atoms with van der Waals surface area (Å²) < 4.78 is 0. The van der Waals surface area contributed by atoms with Gasteiger partial charge in [0, 0.05) is 12.4 Å². The highest BCUT2D eigenvalue weighted by atomic mass is 32.2. The van der Waals surface area contributed by atoms with Crippen molar-refractivity contribution in [3.05, 3.63) is 29.2 Å². The zero-order valence-corrected chi connectivity index (χ0v) is 11.7. The molecule has 0 saturated carbocycles. The second-order valence-electron chi connectivity index (χ2n) is 3.92. The van der Waals surface area contributed by atoms with E-state index in [-0.39, 0.29) is 5.84 Å². The van der Waals surface area contributed by atoms with Crippen LogP contribution in [0.2, 0.25) is 0 Å². The minimum Gasteiger partial charge on any atom is -0.384 e. The summed E-state index contributed by atoms with van der Waals surface area (Å²) in [5.74, 6) is 0.0236. The fraction of sp³-hybridized carbons (Fsp3) is 0.333. The summed E-state index contributed by atoms with van der Waals surface area (Å²) in [5.41, 5.74) is 8.29. The van der Waals surface area contributed by atoms with Crippen LogP contribution in [0.5, 0.6) is 0 Å². The zero-order chi connectivity index (χ0) is 13.8. The molecule has 0 aliphatic heterocycles. The maximum Gasteiger partial charge on any atom is 0.171 e. The van der Waals surface area contributed by atoms with Crippen molar-refractivity contribution in [3.8, 4) is 0 Å². The number of H-pyrrole nitrogens is 1. The van der Waals surface area contributed by atoms with Crippen LogP contribution in [-0.2, 0) is 12.8 Å². The van der Waals surface area contributed by atoms with Gasteiger partial charge >= 0.3 is 0 Å². The molecule has 4 N–H and O–H groups in total. The summed E-state index contributed by atoms with van der Waals surface area (Å²) in [4.78, 5) is 7.13. The maximum atomic E-state index is 7.79. The molecule has 0 unspecified atom stereocenters. The van der Waals surface area contributed by atoms with Gasteiger partial charge in [-0.2, -0.15) is 5.10 Å². The third-order valence-corrected chi connectivity index (χ3v) is 3.65. The third-order valence-electron chi connectivity index (χ3n) is 2.75. The van der Waals surface area contributed by atoms with Gasteiger partial charge in [0.15, 0.2) is 5.16 Å². The van der Waals surface area contributed by atoms with Gasteiger partial charge in [0.05, 0.1) is 11.3 Å². The molecule has 6 nitrogen and oxygen atoms in total. The first-order valence-electron chi connectivity index (χ1n) is 6.07. The van der Waals surface area contributed by atoms with Gasteiger partial charge in [0.2, 0.25) is 0 Å². The van der Waals surface area contributed by atoms with Crippen molar-refractivity contribution in [3.63, 3.8) is 0 Å². The highest BCUT2D eigenvalue weighted by Gasteiger charge is 2.18. The standard InChI is InChI=1S/C12H16N6S/c1-3-7-8(4-2)17-18-11(9(7)10(13)14)19-12-15-5-6-16-12/h5-6H,3-4H2,1-2H3,(H3,13,14)(H,15,16). The van der Waals surface area contributed by atoms with Crippen LogP contribution in [0.25, 0.3) is 0 Å². The smallest absolute Gasteiger partial charge is 0.171 e. The number of hydrogen-bond acceptors (Lipinski definition) is 5. The summed E-state index contributed by atoms with van der Waals surface area (Å²) in [6.07, 6.45) is 4.97. The van der Waals surface area contributed by atoms with E-state index in [0.717, 1.165) is 24.1 Å². The van der Waals surface area contributed by atoms with Crippen LogP contribution < -0.4 is 5.73 Å². The molecule has 0 fully saturated rings. The lowest BCUT2D eigenvalue weighted by Crippen LogP contribution is -2.18. The first-order valence-corrected chi connectivity index (χ1v) is 6.89. The van der Waals surface area contributed by atoms with Gasteiger partial charge in [-0.15, -0.1) is 5.10 Å². The van der Waals surface area contributed by atoms with Crippen molar-refractivity contribution < 1.29 is 0 Å². The molecule has 100 valence electrons. The maximum absolute atomic E-state index is 7.79. The number of rotatable bonds is 5. The topological polar surface area (TPSA) is 104 Å². The molecule has 0 spiro atoms. The monoisotopic (exact) mass is 276 g/mol. The fourth-order valence-corrected chi connectivity index (χ4v) is 2.74. The normalized spacial score (nSPS) is 10.6. The molecule has 7 heteroatoms. The molecule has 0 radical (unpaired) electrons. The van der Waals surface area contributed by atoms with Gasteiger partial charge in [-0.1, -0.05) is 13.8 Å². The predicted molar refractivity (Wildman–Crippen MR) is 74.5 cm³/mol. The Hall–Kier alpha value is -1.89. The summed E-state index contributed by atoms with van der Waals surface area (Å²) >= 11 is 1.34. The predicted octanol–water partition coefficient (Wildman–Crippen LogP) is 1.76. The minimum absolute atomic E-state index is 0.0236. The molecule has 2 aromatic rings. The van der Waals surface area contributed by atoms with Gasteiger partial charge in [-0.25, -0.2) is 4.98 Å². The van der Waals surface area contributed by atoms with E-state index in [1.54, 1.807) is 12.4 Å². The number of nitrogens with zero attached hydrogens (tertiary/aromatic N) is 3. The minimum atomic E-state index is 0.0236. The number of nitrogens with one attached hydrogen (secondary N) is 2. The number of nitrogen functional groups attached to an aromatic ring is 1. The largest absolute Gasteiger partial charge is 0.384 e. The zero-order valence-electron chi connectivity index (χ0n) is 10.9. The third kappa shape index (κ3) is 2.76. The molecule has 0 amide bonds. The summed E-state index contributed by atoms with van der Waals surface area (Å²) in [6, 6.07) is 0. The second kappa shape index (κ2) is 5.83. The van der Waals surface area contributed by atoms with Crippen molar-refractivity contribution in [2.45, 2.75) is 36.9 Å². The van der Waals surface area contributed by atoms with E-state index in [2.05, 4.69) is 20.2 Å². The lowest BCUT2D eigenvalue weighted by molar-refractivity contribution is 0.817. The molecule has 2 aromatic heterocycles. The van der Waals surface area contributed by atoms with Crippen LogP contribution >= 0.6 is 11.8 Å². The Kier molecular flexibility index (Phi) is 4.16. The van der Waals surface area contributed by atoms with E-state index in [9.17, 15) is 0 Å². The van der Waals surface area contributed by atoms with Gasteiger partial charge in [-0.05, 0) is 30.2 Å². The Morgan fingerprint density at radius 1 is 1.37 bits per heavy atom. The number of aromatic amines is 1. The van der Waals surface area contributed by atoms with Crippen LogP contribution in [0.4, 0.5) is 0 Å². The summed E-state index contributed by atoms with van der Waals surface area (Å²) in [5, 5.41) is 17.5. The number of hydrogen-bond donors (Lipinski definition) is 3. The van der Waals surface area contributed by atoms with Crippen LogP contribution in [0, 0.1) is 5.41 Å². The molecule has 0 aromatic carbocycles. The highest BCUT2D eigenvalue weighted by molar-refractivity contribution is 7.99. The molecule has 0 aliphatic carbocycles. The average Bonchev–Trinajstić information content (AvgIpc) is 2.90. The fourth-order valence-electron chi connectivity index (χ4n) is 1.90. The molecular weight excluding hydrogens is 260 g/mol. The van der Waals surface area contributed by atoms with Crippen molar-refractivity contribution in [2.75, 3.05) is 0 Å². The Bertz CT molecular complexity index is 578. The molecule has 2 rings (SSSR count). The molecule has 19 heavy (non-hydrogen) atoms. The summed E-state index contributed by atoms with van der Waals surface area (Å²) in [7, 11) is 0. The number of nitrogens with two attached hydrogens (primary N) is 1. The summed E-state index contributed by atoms with van der Waals surface area (Å²) in [6.45, 7) is 4.05. The Morgan fingerprint density at radius 3 is 2.68 bits per heavy atom. The van der Waals surface area contributed by atoms with Crippen molar-refractivity contribution in [2.24, 2.45) is 5.73 Å². The van der Waals surface area contributed by atoms with E-state index < -0.39 is 0 Å². The molecule has 0 bridgehead atoms.